The first-order chi connectivity index (χ1) is 20.0. The SMILES string of the molecule is CC(=O)Oc1cccc(C(=O)Nc2ccccc2C)c1C.CC(=O)Oc1cccc(C(=O)Nc2ccccc2C)c1C. The summed E-state index contributed by atoms with van der Waals surface area (Å²) in [7, 11) is 0. The van der Waals surface area contributed by atoms with Crippen molar-refractivity contribution >= 4 is 35.1 Å². The van der Waals surface area contributed by atoms with Crippen molar-refractivity contribution in [2.45, 2.75) is 41.5 Å². The van der Waals surface area contributed by atoms with E-state index in [2.05, 4.69) is 10.6 Å². The number of esters is 2. The summed E-state index contributed by atoms with van der Waals surface area (Å²) in [4.78, 5) is 46.9. The van der Waals surface area contributed by atoms with E-state index in [9.17, 15) is 19.2 Å². The maximum absolute atomic E-state index is 12.4. The minimum absolute atomic E-state index is 0.226. The normalized spacial score (nSPS) is 10.0. The van der Waals surface area contributed by atoms with Crippen LogP contribution in [0.1, 0.15) is 56.8 Å². The number of rotatable bonds is 6. The van der Waals surface area contributed by atoms with Gasteiger partial charge in [-0.1, -0.05) is 48.5 Å². The highest BCUT2D eigenvalue weighted by Gasteiger charge is 2.15. The van der Waals surface area contributed by atoms with Gasteiger partial charge in [-0.25, -0.2) is 0 Å². The fourth-order valence-electron chi connectivity index (χ4n) is 4.06. The Morgan fingerprint density at radius 1 is 0.500 bits per heavy atom. The van der Waals surface area contributed by atoms with E-state index in [0.717, 1.165) is 22.5 Å². The maximum Gasteiger partial charge on any atom is 0.308 e. The van der Waals surface area contributed by atoms with Gasteiger partial charge in [0.1, 0.15) is 11.5 Å². The highest BCUT2D eigenvalue weighted by molar-refractivity contribution is 6.06. The van der Waals surface area contributed by atoms with Crippen LogP contribution in [0.3, 0.4) is 0 Å². The Morgan fingerprint density at radius 3 is 1.19 bits per heavy atom. The van der Waals surface area contributed by atoms with Crippen molar-refractivity contribution in [1.29, 1.82) is 0 Å². The first-order valence-electron chi connectivity index (χ1n) is 13.3. The lowest BCUT2D eigenvalue weighted by Crippen LogP contribution is -2.15. The van der Waals surface area contributed by atoms with E-state index >= 15 is 0 Å². The molecule has 0 unspecified atom stereocenters. The molecule has 4 aromatic carbocycles. The largest absolute Gasteiger partial charge is 0.426 e. The summed E-state index contributed by atoms with van der Waals surface area (Å²) in [6.45, 7) is 10.0. The van der Waals surface area contributed by atoms with Crippen LogP contribution in [0.4, 0.5) is 11.4 Å². The van der Waals surface area contributed by atoms with Crippen LogP contribution < -0.4 is 20.1 Å². The van der Waals surface area contributed by atoms with Crippen LogP contribution in [0, 0.1) is 27.7 Å². The first-order valence-corrected chi connectivity index (χ1v) is 13.3. The van der Waals surface area contributed by atoms with E-state index in [1.807, 2.05) is 62.4 Å². The number of para-hydroxylation sites is 2. The Morgan fingerprint density at radius 2 is 0.857 bits per heavy atom. The average Bonchev–Trinajstić information content (AvgIpc) is 2.93. The molecule has 8 nitrogen and oxygen atoms in total. The molecule has 2 amide bonds. The molecule has 0 aromatic heterocycles. The van der Waals surface area contributed by atoms with Crippen molar-refractivity contribution in [3.8, 4) is 11.5 Å². The number of anilines is 2. The molecule has 0 atom stereocenters. The van der Waals surface area contributed by atoms with E-state index in [1.165, 1.54) is 13.8 Å². The van der Waals surface area contributed by atoms with Gasteiger partial charge in [0.15, 0.2) is 0 Å². The Hall–Kier alpha value is -5.24. The lowest BCUT2D eigenvalue weighted by Gasteiger charge is -2.12. The van der Waals surface area contributed by atoms with Crippen LogP contribution in [-0.2, 0) is 9.59 Å². The minimum atomic E-state index is -0.408. The summed E-state index contributed by atoms with van der Waals surface area (Å²) in [5.74, 6) is -0.462. The van der Waals surface area contributed by atoms with E-state index in [4.69, 9.17) is 9.47 Å². The molecule has 0 aliphatic carbocycles. The molecule has 4 aromatic rings. The van der Waals surface area contributed by atoms with Crippen LogP contribution in [0.25, 0.3) is 0 Å². The molecule has 0 bridgehead atoms. The molecule has 42 heavy (non-hydrogen) atoms. The Labute approximate surface area is 245 Å². The fraction of sp³-hybridized carbons (Fsp3) is 0.176. The van der Waals surface area contributed by atoms with Crippen LogP contribution >= 0.6 is 0 Å². The number of benzene rings is 4. The van der Waals surface area contributed by atoms with Gasteiger partial charge in [-0.05, 0) is 75.2 Å². The number of amides is 2. The molecule has 216 valence electrons. The van der Waals surface area contributed by atoms with Gasteiger partial charge >= 0.3 is 11.9 Å². The Kier molecular flexibility index (Phi) is 10.7. The highest BCUT2D eigenvalue weighted by atomic mass is 16.5. The monoisotopic (exact) mass is 566 g/mol. The van der Waals surface area contributed by atoms with Gasteiger partial charge in [-0.15, -0.1) is 0 Å². The zero-order valence-electron chi connectivity index (χ0n) is 24.5. The van der Waals surface area contributed by atoms with Gasteiger partial charge in [0.05, 0.1) is 0 Å². The standard InChI is InChI=1S/2C17H17NO3/c2*1-11-7-4-5-9-15(11)18-17(20)14-8-6-10-16(12(14)2)21-13(3)19/h2*4-10H,1-3H3,(H,18,20). The molecule has 2 N–H and O–H groups in total. The summed E-state index contributed by atoms with van der Waals surface area (Å²) in [6, 6.07) is 25.2. The Bertz CT molecular complexity index is 1510. The number of aryl methyl sites for hydroxylation is 2. The second-order valence-electron chi connectivity index (χ2n) is 9.58. The number of ether oxygens (including phenoxy) is 2. The summed E-state index contributed by atoms with van der Waals surface area (Å²) in [6.07, 6.45) is 0. The molecule has 0 aliphatic rings. The molecule has 0 radical (unpaired) electrons. The number of hydrogen-bond donors (Lipinski definition) is 2. The van der Waals surface area contributed by atoms with E-state index in [0.29, 0.717) is 33.8 Å². The maximum atomic E-state index is 12.4. The van der Waals surface area contributed by atoms with Crippen molar-refractivity contribution in [3.63, 3.8) is 0 Å². The molecule has 0 spiro atoms. The topological polar surface area (TPSA) is 111 Å². The van der Waals surface area contributed by atoms with E-state index in [-0.39, 0.29) is 11.8 Å². The molecule has 4 rings (SSSR count). The molecular formula is C34H34N2O6. The van der Waals surface area contributed by atoms with Gasteiger partial charge in [-0.2, -0.15) is 0 Å². The summed E-state index contributed by atoms with van der Waals surface area (Å²) in [5.41, 5.74) is 5.74. The van der Waals surface area contributed by atoms with Crippen LogP contribution in [-0.4, -0.2) is 23.8 Å². The molecule has 0 aliphatic heterocycles. The predicted molar refractivity (Wildman–Crippen MR) is 163 cm³/mol. The lowest BCUT2D eigenvalue weighted by atomic mass is 10.1. The van der Waals surface area contributed by atoms with E-state index in [1.54, 1.807) is 50.2 Å². The van der Waals surface area contributed by atoms with Gasteiger partial charge < -0.3 is 20.1 Å². The third-order valence-electron chi connectivity index (χ3n) is 6.35. The zero-order valence-corrected chi connectivity index (χ0v) is 24.5. The predicted octanol–water partition coefficient (Wildman–Crippen LogP) is 6.96. The number of carbonyl (C=O) groups excluding carboxylic acids is 4. The third kappa shape index (κ3) is 8.38. The molecule has 0 heterocycles. The van der Waals surface area contributed by atoms with Crippen molar-refractivity contribution in [2.75, 3.05) is 10.6 Å². The fourth-order valence-corrected chi connectivity index (χ4v) is 4.06. The van der Waals surface area contributed by atoms with Crippen molar-refractivity contribution in [2.24, 2.45) is 0 Å². The number of carbonyl (C=O) groups is 4. The lowest BCUT2D eigenvalue weighted by molar-refractivity contribution is -0.132. The average molecular weight is 567 g/mol. The number of nitrogens with one attached hydrogen (secondary N) is 2. The van der Waals surface area contributed by atoms with Crippen molar-refractivity contribution in [1.82, 2.24) is 0 Å². The van der Waals surface area contributed by atoms with Crippen molar-refractivity contribution in [3.05, 3.63) is 118 Å². The van der Waals surface area contributed by atoms with Crippen molar-refractivity contribution < 1.29 is 28.7 Å². The van der Waals surface area contributed by atoms with E-state index < -0.39 is 11.9 Å². The van der Waals surface area contributed by atoms with Gasteiger partial charge in [-0.3, -0.25) is 19.2 Å². The number of hydrogen-bond acceptors (Lipinski definition) is 6. The summed E-state index contributed by atoms with van der Waals surface area (Å²) in [5, 5.41) is 5.74. The smallest absolute Gasteiger partial charge is 0.308 e. The van der Waals surface area contributed by atoms with Crippen LogP contribution in [0.15, 0.2) is 84.9 Å². The molecule has 0 fully saturated rings. The molecular weight excluding hydrogens is 532 g/mol. The zero-order chi connectivity index (χ0) is 30.8. The summed E-state index contributed by atoms with van der Waals surface area (Å²) >= 11 is 0. The van der Waals surface area contributed by atoms with Gasteiger partial charge in [0.25, 0.3) is 11.8 Å². The minimum Gasteiger partial charge on any atom is -0.426 e. The van der Waals surface area contributed by atoms with Crippen LogP contribution in [0.5, 0.6) is 11.5 Å². The van der Waals surface area contributed by atoms with Gasteiger partial charge in [0, 0.05) is 47.5 Å². The quantitative estimate of drug-likeness (QED) is 0.193. The molecule has 0 saturated heterocycles. The highest BCUT2D eigenvalue weighted by Crippen LogP contribution is 2.24. The summed E-state index contributed by atoms with van der Waals surface area (Å²) < 4.78 is 10.2. The van der Waals surface area contributed by atoms with Gasteiger partial charge in [0.2, 0.25) is 0 Å². The first kappa shape index (κ1) is 31.3. The Balaban J connectivity index is 0.000000230. The molecule has 8 heteroatoms. The second kappa shape index (κ2) is 14.4. The second-order valence-corrected chi connectivity index (χ2v) is 9.58. The van der Waals surface area contributed by atoms with Crippen LogP contribution in [0.2, 0.25) is 0 Å². The third-order valence-corrected chi connectivity index (χ3v) is 6.35. The molecule has 0 saturated carbocycles.